The topological polar surface area (TPSA) is 70.2 Å². The van der Waals surface area contributed by atoms with Crippen molar-refractivity contribution in [3.8, 4) is 0 Å². The number of rotatable bonds is 3. The lowest BCUT2D eigenvalue weighted by Gasteiger charge is -2.62. The summed E-state index contributed by atoms with van der Waals surface area (Å²) < 4.78 is 19.2. The minimum atomic E-state index is -0.863. The number of fused-ring (bicyclic) bond motifs is 1. The Hall–Kier alpha value is -3.26. The molecular weight excluding hydrogens is 437 g/mol. The van der Waals surface area contributed by atoms with Crippen LogP contribution in [-0.4, -0.2) is 83.4 Å². The van der Waals surface area contributed by atoms with Crippen LogP contribution in [0.4, 0.5) is 4.39 Å². The molecule has 34 heavy (non-hydrogen) atoms. The van der Waals surface area contributed by atoms with Gasteiger partial charge in [0.1, 0.15) is 5.82 Å². The average Bonchev–Trinajstić information content (AvgIpc) is 2.82. The first-order valence-electron chi connectivity index (χ1n) is 11.7. The van der Waals surface area contributed by atoms with Gasteiger partial charge >= 0.3 is 0 Å². The van der Waals surface area contributed by atoms with E-state index >= 15 is 0 Å². The molecule has 1 spiro atoms. The zero-order valence-electron chi connectivity index (χ0n) is 19.4. The molecule has 2 fully saturated rings. The van der Waals surface area contributed by atoms with Gasteiger partial charge < -0.3 is 19.4 Å². The molecule has 2 aromatic carbocycles. The number of benzene rings is 2. The van der Waals surface area contributed by atoms with E-state index in [1.165, 1.54) is 18.2 Å². The third-order valence-corrected chi connectivity index (χ3v) is 7.11. The number of likely N-dealkylation sites (tertiary alicyclic amines) is 1. The molecule has 2 aromatic rings. The molecule has 2 saturated heterocycles. The van der Waals surface area contributed by atoms with Crippen LogP contribution < -0.4 is 0 Å². The summed E-state index contributed by atoms with van der Waals surface area (Å²) in [6.07, 6.45) is 0. The summed E-state index contributed by atoms with van der Waals surface area (Å²) in [5, 5.41) is 0. The first-order valence-corrected chi connectivity index (χ1v) is 11.7. The molecule has 1 unspecified atom stereocenters. The highest BCUT2D eigenvalue weighted by Gasteiger charge is 2.62. The van der Waals surface area contributed by atoms with Crippen molar-refractivity contribution < 1.29 is 23.5 Å². The number of morpholine rings is 1. The fourth-order valence-corrected chi connectivity index (χ4v) is 5.68. The molecule has 0 bridgehead atoms. The monoisotopic (exact) mass is 465 g/mol. The fraction of sp³-hybridized carbons (Fsp3) is 0.423. The lowest BCUT2D eigenvalue weighted by molar-refractivity contribution is -0.146. The highest BCUT2D eigenvalue weighted by Crippen LogP contribution is 2.48. The lowest BCUT2D eigenvalue weighted by atomic mass is 9.67. The Balaban J connectivity index is 1.55. The second-order valence-corrected chi connectivity index (χ2v) is 9.50. The van der Waals surface area contributed by atoms with Crippen molar-refractivity contribution in [2.45, 2.75) is 31.3 Å². The molecule has 178 valence electrons. The lowest BCUT2D eigenvalue weighted by Crippen LogP contribution is -2.78. The number of carbonyl (C=O) groups is 3. The van der Waals surface area contributed by atoms with E-state index in [1.54, 1.807) is 26.8 Å². The third-order valence-electron chi connectivity index (χ3n) is 7.11. The smallest absolute Gasteiger partial charge is 0.255 e. The van der Waals surface area contributed by atoms with E-state index in [-0.39, 0.29) is 42.4 Å². The molecule has 8 heteroatoms. The van der Waals surface area contributed by atoms with Crippen molar-refractivity contribution in [1.29, 1.82) is 0 Å². The van der Waals surface area contributed by atoms with E-state index in [9.17, 15) is 18.8 Å². The Morgan fingerprint density at radius 1 is 1.03 bits per heavy atom. The van der Waals surface area contributed by atoms with Gasteiger partial charge in [0.05, 0.1) is 24.7 Å². The number of hydrogen-bond acceptors (Lipinski definition) is 4. The summed E-state index contributed by atoms with van der Waals surface area (Å²) in [7, 11) is 0. The van der Waals surface area contributed by atoms with Crippen molar-refractivity contribution in [3.05, 3.63) is 71.0 Å². The van der Waals surface area contributed by atoms with E-state index in [0.29, 0.717) is 37.4 Å². The molecule has 0 saturated carbocycles. The molecule has 1 atom stereocenters. The second kappa shape index (κ2) is 8.51. The molecule has 0 aromatic heterocycles. The molecule has 7 nitrogen and oxygen atoms in total. The van der Waals surface area contributed by atoms with E-state index in [2.05, 4.69) is 0 Å². The molecule has 3 amide bonds. The van der Waals surface area contributed by atoms with Gasteiger partial charge in [-0.1, -0.05) is 24.3 Å². The normalized spacial score (nSPS) is 21.5. The first-order chi connectivity index (χ1) is 16.3. The Morgan fingerprint density at radius 3 is 2.41 bits per heavy atom. The van der Waals surface area contributed by atoms with E-state index in [4.69, 9.17) is 4.74 Å². The number of ether oxygens (including phenoxy) is 1. The van der Waals surface area contributed by atoms with Gasteiger partial charge in [0.2, 0.25) is 5.91 Å². The number of amides is 3. The molecule has 0 aliphatic carbocycles. The summed E-state index contributed by atoms with van der Waals surface area (Å²) >= 11 is 0. The van der Waals surface area contributed by atoms with Crippen molar-refractivity contribution in [2.75, 3.05) is 39.4 Å². The number of carbonyl (C=O) groups excluding carboxylic acids is 3. The van der Waals surface area contributed by atoms with Gasteiger partial charge in [-0.3, -0.25) is 14.4 Å². The molecule has 3 heterocycles. The largest absolute Gasteiger partial charge is 0.378 e. The van der Waals surface area contributed by atoms with E-state index in [1.807, 2.05) is 32.0 Å². The molecule has 0 N–H and O–H groups in total. The van der Waals surface area contributed by atoms with Crippen LogP contribution in [0.3, 0.4) is 0 Å². The predicted octanol–water partition coefficient (Wildman–Crippen LogP) is 2.53. The Labute approximate surface area is 198 Å². The summed E-state index contributed by atoms with van der Waals surface area (Å²) in [6.45, 7) is 6.23. The van der Waals surface area contributed by atoms with Crippen LogP contribution in [0.15, 0.2) is 48.5 Å². The van der Waals surface area contributed by atoms with Gasteiger partial charge in [-0.15, -0.1) is 0 Å². The molecule has 3 aliphatic rings. The van der Waals surface area contributed by atoms with Crippen LogP contribution in [0, 0.1) is 5.82 Å². The SMILES string of the molecule is CC(C)N1C(=O)c2ccccc2C(C(=O)N2CCOCC2)C12CN(C(=O)c1cccc(F)c1)C2. The molecular formula is C26H28FN3O4. The summed E-state index contributed by atoms with van der Waals surface area (Å²) in [5.41, 5.74) is 0.629. The maximum atomic E-state index is 14.0. The zero-order valence-corrected chi connectivity index (χ0v) is 19.4. The Bertz CT molecular complexity index is 1140. The van der Waals surface area contributed by atoms with Gasteiger partial charge in [0.15, 0.2) is 0 Å². The first kappa shape index (κ1) is 22.5. The Kier molecular flexibility index (Phi) is 5.64. The van der Waals surface area contributed by atoms with Crippen molar-refractivity contribution in [3.63, 3.8) is 0 Å². The fourth-order valence-electron chi connectivity index (χ4n) is 5.68. The van der Waals surface area contributed by atoms with Gasteiger partial charge in [-0.2, -0.15) is 0 Å². The standard InChI is InChI=1S/C26H28FN3O4/c1-17(2)30-24(32)21-9-4-3-8-20(21)22(25(33)28-10-12-34-13-11-28)26(30)15-29(16-26)23(31)18-6-5-7-19(27)14-18/h3-9,14,17,22H,10-13,15-16H2,1-2H3. The Morgan fingerprint density at radius 2 is 1.74 bits per heavy atom. The minimum absolute atomic E-state index is 0.0493. The van der Waals surface area contributed by atoms with Crippen LogP contribution in [-0.2, 0) is 9.53 Å². The van der Waals surface area contributed by atoms with Crippen molar-refractivity contribution in [2.24, 2.45) is 0 Å². The van der Waals surface area contributed by atoms with Crippen LogP contribution in [0.5, 0.6) is 0 Å². The van der Waals surface area contributed by atoms with Crippen LogP contribution in [0.25, 0.3) is 0 Å². The maximum absolute atomic E-state index is 14.0. The highest BCUT2D eigenvalue weighted by molar-refractivity contribution is 6.03. The predicted molar refractivity (Wildman–Crippen MR) is 123 cm³/mol. The number of hydrogen-bond donors (Lipinski definition) is 0. The molecule has 0 radical (unpaired) electrons. The van der Waals surface area contributed by atoms with E-state index < -0.39 is 17.3 Å². The average molecular weight is 466 g/mol. The second-order valence-electron chi connectivity index (χ2n) is 9.50. The minimum Gasteiger partial charge on any atom is -0.378 e. The van der Waals surface area contributed by atoms with Gasteiger partial charge in [0.25, 0.3) is 11.8 Å². The van der Waals surface area contributed by atoms with E-state index in [0.717, 1.165) is 0 Å². The number of nitrogens with zero attached hydrogens (tertiary/aromatic N) is 3. The van der Waals surface area contributed by atoms with Gasteiger partial charge in [0, 0.05) is 43.3 Å². The molecule has 5 rings (SSSR count). The third kappa shape index (κ3) is 3.48. The van der Waals surface area contributed by atoms with Gasteiger partial charge in [-0.25, -0.2) is 4.39 Å². The van der Waals surface area contributed by atoms with Crippen molar-refractivity contribution >= 4 is 17.7 Å². The van der Waals surface area contributed by atoms with Crippen LogP contribution >= 0.6 is 0 Å². The maximum Gasteiger partial charge on any atom is 0.255 e. The summed E-state index contributed by atoms with van der Waals surface area (Å²) in [6, 6.07) is 12.7. The quantitative estimate of drug-likeness (QED) is 0.699. The highest BCUT2D eigenvalue weighted by atomic mass is 19.1. The van der Waals surface area contributed by atoms with Crippen LogP contribution in [0.1, 0.15) is 46.0 Å². The van der Waals surface area contributed by atoms with Crippen LogP contribution in [0.2, 0.25) is 0 Å². The summed E-state index contributed by atoms with van der Waals surface area (Å²) in [5.74, 6) is -1.57. The zero-order chi connectivity index (χ0) is 24.0. The number of halogens is 1. The summed E-state index contributed by atoms with van der Waals surface area (Å²) in [4.78, 5) is 45.9. The van der Waals surface area contributed by atoms with Crippen molar-refractivity contribution in [1.82, 2.24) is 14.7 Å². The molecule has 3 aliphatic heterocycles. The van der Waals surface area contributed by atoms with Gasteiger partial charge in [-0.05, 0) is 43.7 Å².